The van der Waals surface area contributed by atoms with E-state index in [1.165, 1.54) is 25.7 Å². The van der Waals surface area contributed by atoms with Crippen LogP contribution in [0.4, 0.5) is 0 Å². The van der Waals surface area contributed by atoms with Crippen molar-refractivity contribution in [2.45, 2.75) is 25.7 Å². The van der Waals surface area contributed by atoms with Crippen LogP contribution in [0.1, 0.15) is 25.7 Å². The van der Waals surface area contributed by atoms with Gasteiger partial charge in [0.2, 0.25) is 0 Å². The summed E-state index contributed by atoms with van der Waals surface area (Å²) in [7, 11) is 4.18. The van der Waals surface area contributed by atoms with Crippen molar-refractivity contribution in [1.29, 1.82) is 0 Å². The molecule has 3 aliphatic rings. The topological polar surface area (TPSA) is 20.3 Å². The lowest BCUT2D eigenvalue weighted by molar-refractivity contribution is -0.129. The van der Waals surface area contributed by atoms with Crippen LogP contribution in [-0.4, -0.2) is 31.3 Å². The van der Waals surface area contributed by atoms with Crippen LogP contribution in [-0.2, 0) is 4.79 Å². The summed E-state index contributed by atoms with van der Waals surface area (Å²) in [5.41, 5.74) is 0. The first-order valence-corrected chi connectivity index (χ1v) is 6.37. The number of hydrogen-bond acceptors (Lipinski definition) is 2. The van der Waals surface area contributed by atoms with Crippen molar-refractivity contribution >= 4 is 5.78 Å². The van der Waals surface area contributed by atoms with E-state index in [-0.39, 0.29) is 0 Å². The second kappa shape index (κ2) is 3.31. The van der Waals surface area contributed by atoms with Crippen LogP contribution in [0.5, 0.6) is 0 Å². The number of ketones is 1. The van der Waals surface area contributed by atoms with Crippen LogP contribution < -0.4 is 0 Å². The minimum absolute atomic E-state index is 0.379. The Morgan fingerprint density at radius 1 is 1.20 bits per heavy atom. The van der Waals surface area contributed by atoms with Crippen molar-refractivity contribution in [3.8, 4) is 0 Å². The second-order valence-corrected chi connectivity index (χ2v) is 6.04. The van der Waals surface area contributed by atoms with Gasteiger partial charge in [-0.2, -0.15) is 0 Å². The van der Waals surface area contributed by atoms with Gasteiger partial charge in [0.15, 0.2) is 0 Å². The average Bonchev–Trinajstić information content (AvgIpc) is 2.77. The predicted octanol–water partition coefficient (Wildman–Crippen LogP) is 1.80. The van der Waals surface area contributed by atoms with Crippen LogP contribution in [0.25, 0.3) is 0 Å². The molecule has 3 rings (SSSR count). The van der Waals surface area contributed by atoms with Crippen molar-refractivity contribution in [3.63, 3.8) is 0 Å². The van der Waals surface area contributed by atoms with Gasteiger partial charge in [0.1, 0.15) is 5.78 Å². The Kier molecular flexibility index (Phi) is 2.17. The summed E-state index contributed by atoms with van der Waals surface area (Å²) in [6.45, 7) is 0.989. The molecule has 15 heavy (non-hydrogen) atoms. The fourth-order valence-corrected chi connectivity index (χ4v) is 4.59. The Morgan fingerprint density at radius 2 is 1.93 bits per heavy atom. The lowest BCUT2D eigenvalue weighted by Crippen LogP contribution is -2.38. The molecule has 0 saturated heterocycles. The van der Waals surface area contributed by atoms with E-state index in [2.05, 4.69) is 19.0 Å². The van der Waals surface area contributed by atoms with Gasteiger partial charge in [0.05, 0.1) is 0 Å². The van der Waals surface area contributed by atoms with E-state index in [1.54, 1.807) is 0 Å². The molecule has 0 aromatic rings. The summed E-state index contributed by atoms with van der Waals surface area (Å²) >= 11 is 0. The van der Waals surface area contributed by atoms with Crippen LogP contribution in [0.3, 0.4) is 0 Å². The standard InChI is InChI=1S/C13H21NO/c1-14(2)7-12-10-6-11(13(12)15)9-5-3-4-8(9)10/h8-12H,3-7H2,1-2H3/t8-,9?,10?,11?,12+/m0/s1. The van der Waals surface area contributed by atoms with E-state index in [0.717, 1.165) is 24.3 Å². The second-order valence-electron chi connectivity index (χ2n) is 6.04. The van der Waals surface area contributed by atoms with Gasteiger partial charge in [-0.25, -0.2) is 0 Å². The molecule has 84 valence electrons. The molecule has 3 saturated carbocycles. The molecule has 0 aliphatic heterocycles. The van der Waals surface area contributed by atoms with Gasteiger partial charge in [-0.1, -0.05) is 6.42 Å². The summed E-state index contributed by atoms with van der Waals surface area (Å²) in [6.07, 6.45) is 5.35. The summed E-state index contributed by atoms with van der Waals surface area (Å²) in [5.74, 6) is 3.91. The highest BCUT2D eigenvalue weighted by Gasteiger charge is 2.58. The molecule has 3 unspecified atom stereocenters. The van der Waals surface area contributed by atoms with Gasteiger partial charge in [0, 0.05) is 18.4 Å². The number of carbonyl (C=O) groups is 1. The predicted molar refractivity (Wildman–Crippen MR) is 59.5 cm³/mol. The van der Waals surface area contributed by atoms with Gasteiger partial charge < -0.3 is 4.90 Å². The SMILES string of the molecule is CN(C)C[C@H]1C(=O)C2CC1[C@H]1CCCC21. The van der Waals surface area contributed by atoms with Crippen LogP contribution in [0, 0.1) is 29.6 Å². The maximum atomic E-state index is 12.2. The first kappa shape index (κ1) is 9.83. The van der Waals surface area contributed by atoms with Gasteiger partial charge in [-0.3, -0.25) is 4.79 Å². The van der Waals surface area contributed by atoms with Crippen molar-refractivity contribution in [2.24, 2.45) is 29.6 Å². The maximum Gasteiger partial charge on any atom is 0.140 e. The highest BCUT2D eigenvalue weighted by atomic mass is 16.1. The third-order valence-electron chi connectivity index (χ3n) is 5.03. The highest BCUT2D eigenvalue weighted by molar-refractivity contribution is 5.87. The summed E-state index contributed by atoms with van der Waals surface area (Å²) < 4.78 is 0. The Bertz CT molecular complexity index is 286. The molecule has 3 aliphatic carbocycles. The fourth-order valence-electron chi connectivity index (χ4n) is 4.59. The van der Waals surface area contributed by atoms with Gasteiger partial charge >= 0.3 is 0 Å². The number of carbonyl (C=O) groups excluding carboxylic acids is 1. The van der Waals surface area contributed by atoms with Crippen molar-refractivity contribution in [3.05, 3.63) is 0 Å². The molecular weight excluding hydrogens is 186 g/mol. The molecule has 2 nitrogen and oxygen atoms in total. The molecule has 0 spiro atoms. The fraction of sp³-hybridized carbons (Fsp3) is 0.923. The van der Waals surface area contributed by atoms with E-state index in [1.807, 2.05) is 0 Å². The number of rotatable bonds is 2. The van der Waals surface area contributed by atoms with Crippen LogP contribution >= 0.6 is 0 Å². The molecule has 0 N–H and O–H groups in total. The third kappa shape index (κ3) is 1.30. The number of nitrogens with zero attached hydrogens (tertiary/aromatic N) is 1. The molecular formula is C13H21NO. The zero-order chi connectivity index (χ0) is 10.6. The minimum Gasteiger partial charge on any atom is -0.309 e. The summed E-state index contributed by atoms with van der Waals surface area (Å²) in [5, 5.41) is 0. The Hall–Kier alpha value is -0.370. The number of hydrogen-bond donors (Lipinski definition) is 0. The maximum absolute atomic E-state index is 12.2. The smallest absolute Gasteiger partial charge is 0.140 e. The first-order valence-electron chi connectivity index (χ1n) is 6.37. The molecule has 0 aromatic heterocycles. The van der Waals surface area contributed by atoms with E-state index >= 15 is 0 Å². The Morgan fingerprint density at radius 3 is 2.67 bits per heavy atom. The largest absolute Gasteiger partial charge is 0.309 e. The molecule has 0 radical (unpaired) electrons. The molecule has 0 aromatic carbocycles. The average molecular weight is 207 g/mol. The molecule has 3 fully saturated rings. The minimum atomic E-state index is 0.379. The molecule has 2 bridgehead atoms. The first-order chi connectivity index (χ1) is 7.18. The van der Waals surface area contributed by atoms with E-state index in [9.17, 15) is 4.79 Å². The third-order valence-corrected chi connectivity index (χ3v) is 5.03. The van der Waals surface area contributed by atoms with Gasteiger partial charge in [-0.15, -0.1) is 0 Å². The molecule has 5 atom stereocenters. The molecule has 0 heterocycles. The van der Waals surface area contributed by atoms with Crippen LogP contribution in [0.2, 0.25) is 0 Å². The Labute approximate surface area is 92.0 Å². The van der Waals surface area contributed by atoms with E-state index < -0.39 is 0 Å². The number of Topliss-reactive ketones (excluding diaryl/α,β-unsaturated/α-hetero) is 1. The van der Waals surface area contributed by atoms with Crippen molar-refractivity contribution in [2.75, 3.05) is 20.6 Å². The van der Waals surface area contributed by atoms with E-state index in [0.29, 0.717) is 17.6 Å². The zero-order valence-corrected chi connectivity index (χ0v) is 9.78. The van der Waals surface area contributed by atoms with E-state index in [4.69, 9.17) is 0 Å². The highest BCUT2D eigenvalue weighted by Crippen LogP contribution is 2.59. The van der Waals surface area contributed by atoms with Gasteiger partial charge in [0.25, 0.3) is 0 Å². The normalized spacial score (nSPS) is 47.9. The number of fused-ring (bicyclic) bond motifs is 5. The summed E-state index contributed by atoms with van der Waals surface area (Å²) in [6, 6.07) is 0. The van der Waals surface area contributed by atoms with Crippen LogP contribution in [0.15, 0.2) is 0 Å². The monoisotopic (exact) mass is 207 g/mol. The quantitative estimate of drug-likeness (QED) is 0.688. The van der Waals surface area contributed by atoms with Gasteiger partial charge in [-0.05, 0) is 51.1 Å². The van der Waals surface area contributed by atoms with Crippen molar-refractivity contribution in [1.82, 2.24) is 4.90 Å². The van der Waals surface area contributed by atoms with Crippen molar-refractivity contribution < 1.29 is 4.79 Å². The Balaban J connectivity index is 1.81. The lowest BCUT2D eigenvalue weighted by atomic mass is 9.75. The molecule has 0 amide bonds. The zero-order valence-electron chi connectivity index (χ0n) is 9.78. The summed E-state index contributed by atoms with van der Waals surface area (Å²) in [4.78, 5) is 14.4. The lowest BCUT2D eigenvalue weighted by Gasteiger charge is -2.31. The molecule has 2 heteroatoms.